The van der Waals surface area contributed by atoms with Crippen LogP contribution in [0, 0.1) is 11.8 Å². The molecular weight excluding hydrogens is 370 g/mol. The van der Waals surface area contributed by atoms with Crippen molar-refractivity contribution in [3.8, 4) is 0 Å². The highest BCUT2D eigenvalue weighted by Crippen LogP contribution is 2.29. The minimum atomic E-state index is -0.851. The highest BCUT2D eigenvalue weighted by atomic mass is 16.5. The van der Waals surface area contributed by atoms with Crippen molar-refractivity contribution in [3.05, 3.63) is 40.4 Å². The Bertz CT molecular complexity index is 939. The number of fused-ring (bicyclic) bond motifs is 1. The summed E-state index contributed by atoms with van der Waals surface area (Å²) in [5, 5.41) is 3.54. The SMILES string of the molecule is C[C@@H]1[C@H](C)CCC[C@@H]1NC(=O)[C@@H](C)OC(=O)CCc1nc2ccccc2c(=O)[nH]1. The Hall–Kier alpha value is -2.70. The second-order valence-corrected chi connectivity index (χ2v) is 8.04. The fourth-order valence-corrected chi connectivity index (χ4v) is 3.87. The summed E-state index contributed by atoms with van der Waals surface area (Å²) >= 11 is 0. The van der Waals surface area contributed by atoms with E-state index in [4.69, 9.17) is 4.74 Å². The monoisotopic (exact) mass is 399 g/mol. The lowest BCUT2D eigenvalue weighted by Gasteiger charge is -2.35. The first-order valence-electron chi connectivity index (χ1n) is 10.3. The predicted octanol–water partition coefficient (Wildman–Crippen LogP) is 2.73. The summed E-state index contributed by atoms with van der Waals surface area (Å²) < 4.78 is 5.28. The Kier molecular flexibility index (Phi) is 6.67. The van der Waals surface area contributed by atoms with Gasteiger partial charge in [0.15, 0.2) is 6.10 Å². The van der Waals surface area contributed by atoms with Crippen molar-refractivity contribution in [2.24, 2.45) is 11.8 Å². The Morgan fingerprint density at radius 2 is 2.03 bits per heavy atom. The zero-order valence-electron chi connectivity index (χ0n) is 17.2. The number of carbonyl (C=O) groups excluding carboxylic acids is 2. The number of amides is 1. The molecule has 156 valence electrons. The van der Waals surface area contributed by atoms with E-state index in [1.54, 1.807) is 31.2 Å². The Labute approximate surface area is 170 Å². The van der Waals surface area contributed by atoms with Crippen LogP contribution in [0.15, 0.2) is 29.1 Å². The fourth-order valence-electron chi connectivity index (χ4n) is 3.87. The van der Waals surface area contributed by atoms with Gasteiger partial charge in [-0.15, -0.1) is 0 Å². The van der Waals surface area contributed by atoms with Gasteiger partial charge >= 0.3 is 5.97 Å². The van der Waals surface area contributed by atoms with E-state index in [0.717, 1.165) is 12.8 Å². The third kappa shape index (κ3) is 5.22. The number of carbonyl (C=O) groups is 2. The molecule has 1 aliphatic rings. The maximum atomic E-state index is 12.4. The molecule has 4 atom stereocenters. The highest BCUT2D eigenvalue weighted by molar-refractivity contribution is 5.83. The van der Waals surface area contributed by atoms with Crippen molar-refractivity contribution in [1.82, 2.24) is 15.3 Å². The van der Waals surface area contributed by atoms with E-state index in [1.165, 1.54) is 6.42 Å². The van der Waals surface area contributed by atoms with Gasteiger partial charge in [-0.1, -0.05) is 38.8 Å². The van der Waals surface area contributed by atoms with Gasteiger partial charge < -0.3 is 15.0 Å². The van der Waals surface area contributed by atoms with Gasteiger partial charge in [0.05, 0.1) is 17.3 Å². The zero-order chi connectivity index (χ0) is 21.0. The number of nitrogens with zero attached hydrogens (tertiary/aromatic N) is 1. The molecule has 0 bridgehead atoms. The number of para-hydroxylation sites is 1. The van der Waals surface area contributed by atoms with Crippen molar-refractivity contribution >= 4 is 22.8 Å². The molecule has 0 spiro atoms. The van der Waals surface area contributed by atoms with Crippen molar-refractivity contribution in [1.29, 1.82) is 0 Å². The normalized spacial score (nSPS) is 22.8. The average Bonchev–Trinajstić information content (AvgIpc) is 2.70. The molecule has 1 fully saturated rings. The number of H-pyrrole nitrogens is 1. The molecule has 0 saturated heterocycles. The van der Waals surface area contributed by atoms with E-state index in [0.29, 0.717) is 28.6 Å². The van der Waals surface area contributed by atoms with Crippen LogP contribution in [0.25, 0.3) is 10.9 Å². The summed E-state index contributed by atoms with van der Waals surface area (Å²) in [4.78, 5) is 43.7. The predicted molar refractivity (Wildman–Crippen MR) is 110 cm³/mol. The maximum absolute atomic E-state index is 12.4. The van der Waals surface area contributed by atoms with Crippen LogP contribution in [0.2, 0.25) is 0 Å². The third-order valence-corrected chi connectivity index (χ3v) is 5.94. The van der Waals surface area contributed by atoms with Crippen LogP contribution in [0.4, 0.5) is 0 Å². The van der Waals surface area contributed by atoms with Crippen LogP contribution < -0.4 is 10.9 Å². The molecule has 1 aromatic carbocycles. The Morgan fingerprint density at radius 1 is 1.28 bits per heavy atom. The summed E-state index contributed by atoms with van der Waals surface area (Å²) in [6.07, 6.45) is 2.67. The van der Waals surface area contributed by atoms with E-state index < -0.39 is 12.1 Å². The molecular formula is C22H29N3O4. The van der Waals surface area contributed by atoms with Crippen LogP contribution in [0.1, 0.15) is 52.3 Å². The second kappa shape index (κ2) is 9.20. The van der Waals surface area contributed by atoms with Crippen LogP contribution >= 0.6 is 0 Å². The average molecular weight is 399 g/mol. The highest BCUT2D eigenvalue weighted by Gasteiger charge is 2.30. The number of aryl methyl sites for hydroxylation is 1. The first kappa shape index (κ1) is 21.0. The van der Waals surface area contributed by atoms with Gasteiger partial charge in [0, 0.05) is 12.5 Å². The minimum absolute atomic E-state index is 0.0375. The van der Waals surface area contributed by atoms with Gasteiger partial charge in [0.25, 0.3) is 11.5 Å². The van der Waals surface area contributed by atoms with Crippen LogP contribution in [-0.2, 0) is 20.7 Å². The molecule has 1 amide bonds. The largest absolute Gasteiger partial charge is 0.453 e. The number of nitrogens with one attached hydrogen (secondary N) is 2. The van der Waals surface area contributed by atoms with Crippen LogP contribution in [0.3, 0.4) is 0 Å². The quantitative estimate of drug-likeness (QED) is 0.728. The summed E-state index contributed by atoms with van der Waals surface area (Å²) in [5.74, 6) is 0.651. The van der Waals surface area contributed by atoms with Gasteiger partial charge in [0.2, 0.25) is 0 Å². The number of aromatic nitrogens is 2. The molecule has 3 rings (SSSR count). The van der Waals surface area contributed by atoms with Crippen LogP contribution in [-0.4, -0.2) is 34.0 Å². The zero-order valence-corrected chi connectivity index (χ0v) is 17.2. The molecule has 7 nitrogen and oxygen atoms in total. The fraction of sp³-hybridized carbons (Fsp3) is 0.545. The number of rotatable bonds is 6. The standard InChI is InChI=1S/C22H29N3O4/c1-13-7-6-10-17(14(13)2)24-21(27)15(3)29-20(26)12-11-19-23-18-9-5-4-8-16(18)22(28)25-19/h4-5,8-9,13-15,17H,6-7,10-12H2,1-3H3,(H,24,27)(H,23,25,28)/t13-,14-,15-,17+/m1/s1. The van der Waals surface area contributed by atoms with Crippen molar-refractivity contribution in [3.63, 3.8) is 0 Å². The van der Waals surface area contributed by atoms with Gasteiger partial charge in [0.1, 0.15) is 5.82 Å². The first-order valence-corrected chi connectivity index (χ1v) is 10.3. The summed E-state index contributed by atoms with van der Waals surface area (Å²) in [6.45, 7) is 5.95. The van der Waals surface area contributed by atoms with E-state index in [9.17, 15) is 14.4 Å². The Morgan fingerprint density at radius 3 is 2.83 bits per heavy atom. The summed E-state index contributed by atoms with van der Waals surface area (Å²) in [7, 11) is 0. The van der Waals surface area contributed by atoms with E-state index in [2.05, 4.69) is 29.1 Å². The smallest absolute Gasteiger partial charge is 0.307 e. The van der Waals surface area contributed by atoms with Gasteiger partial charge in [-0.05, 0) is 37.3 Å². The van der Waals surface area contributed by atoms with E-state index >= 15 is 0 Å². The number of hydrogen-bond acceptors (Lipinski definition) is 5. The molecule has 2 aromatic rings. The lowest BCUT2D eigenvalue weighted by Crippen LogP contribution is -2.47. The van der Waals surface area contributed by atoms with Gasteiger partial charge in [-0.25, -0.2) is 4.98 Å². The number of hydrogen-bond donors (Lipinski definition) is 2. The molecule has 7 heteroatoms. The number of aromatic amines is 1. The van der Waals surface area contributed by atoms with Crippen LogP contribution in [0.5, 0.6) is 0 Å². The molecule has 1 aliphatic carbocycles. The van der Waals surface area contributed by atoms with Gasteiger partial charge in [-0.3, -0.25) is 14.4 Å². The third-order valence-electron chi connectivity index (χ3n) is 5.94. The number of esters is 1. The Balaban J connectivity index is 1.51. The lowest BCUT2D eigenvalue weighted by atomic mass is 9.78. The molecule has 0 radical (unpaired) electrons. The summed E-state index contributed by atoms with van der Waals surface area (Å²) in [5.41, 5.74) is 0.353. The number of benzene rings is 1. The molecule has 1 aromatic heterocycles. The van der Waals surface area contributed by atoms with E-state index in [-0.39, 0.29) is 30.3 Å². The van der Waals surface area contributed by atoms with Crippen molar-refractivity contribution < 1.29 is 14.3 Å². The lowest BCUT2D eigenvalue weighted by molar-refractivity contribution is -0.155. The molecule has 29 heavy (non-hydrogen) atoms. The molecule has 0 aliphatic heterocycles. The summed E-state index contributed by atoms with van der Waals surface area (Å²) in [6, 6.07) is 7.16. The van der Waals surface area contributed by atoms with Gasteiger partial charge in [-0.2, -0.15) is 0 Å². The minimum Gasteiger partial charge on any atom is -0.453 e. The molecule has 0 unspecified atom stereocenters. The van der Waals surface area contributed by atoms with E-state index in [1.807, 2.05) is 0 Å². The molecule has 1 saturated carbocycles. The second-order valence-electron chi connectivity index (χ2n) is 8.04. The maximum Gasteiger partial charge on any atom is 0.307 e. The first-order chi connectivity index (χ1) is 13.8. The number of ether oxygens (including phenoxy) is 1. The molecule has 1 heterocycles. The van der Waals surface area contributed by atoms with Crippen molar-refractivity contribution in [2.75, 3.05) is 0 Å². The topological polar surface area (TPSA) is 101 Å². The molecule has 2 N–H and O–H groups in total. The van der Waals surface area contributed by atoms with Crippen molar-refractivity contribution in [2.45, 2.75) is 65.0 Å².